The first-order chi connectivity index (χ1) is 15.5. The number of hydrogen-bond acceptors (Lipinski definition) is 6. The van der Waals surface area contributed by atoms with Crippen LogP contribution in [0.3, 0.4) is 0 Å². The van der Waals surface area contributed by atoms with Crippen molar-refractivity contribution in [2.24, 2.45) is 5.92 Å². The van der Waals surface area contributed by atoms with Gasteiger partial charge in [-0.05, 0) is 43.5 Å². The Bertz CT molecular complexity index is 982. The summed E-state index contributed by atoms with van der Waals surface area (Å²) in [6.07, 6.45) is 3.64. The molecule has 9 heteroatoms. The second-order valence-corrected chi connectivity index (χ2v) is 7.87. The van der Waals surface area contributed by atoms with E-state index in [1.54, 1.807) is 35.2 Å². The third kappa shape index (κ3) is 6.34. The minimum atomic E-state index is -0.149. The van der Waals surface area contributed by atoms with Crippen LogP contribution < -0.4 is 14.8 Å². The Labute approximate surface area is 192 Å². The number of carbonyl (C=O) groups is 2. The van der Waals surface area contributed by atoms with Crippen LogP contribution in [0.1, 0.15) is 31.2 Å². The van der Waals surface area contributed by atoms with Crippen molar-refractivity contribution < 1.29 is 19.1 Å². The number of nitrogens with zero attached hydrogens (tertiary/aromatic N) is 3. The molecule has 3 rings (SSSR count). The lowest BCUT2D eigenvalue weighted by atomic mass is 9.95. The number of likely N-dealkylation sites (tertiary alicyclic amines) is 1. The number of methoxy groups -OCH3 is 1. The minimum absolute atomic E-state index is 0.0543. The molecule has 1 aromatic carbocycles. The van der Waals surface area contributed by atoms with E-state index in [1.807, 2.05) is 0 Å². The Morgan fingerprint density at radius 2 is 2.03 bits per heavy atom. The quantitative estimate of drug-likeness (QED) is 0.608. The number of anilines is 1. The van der Waals surface area contributed by atoms with Gasteiger partial charge in [0.15, 0.2) is 11.5 Å². The number of nitrogens with one attached hydrogen (secondary N) is 1. The van der Waals surface area contributed by atoms with Crippen LogP contribution in [-0.2, 0) is 9.59 Å². The predicted molar refractivity (Wildman–Crippen MR) is 120 cm³/mol. The van der Waals surface area contributed by atoms with Gasteiger partial charge in [-0.2, -0.15) is 5.26 Å². The van der Waals surface area contributed by atoms with Crippen LogP contribution >= 0.6 is 11.6 Å². The summed E-state index contributed by atoms with van der Waals surface area (Å²) in [6.45, 7) is 1.46. The van der Waals surface area contributed by atoms with Crippen LogP contribution in [0.2, 0.25) is 5.02 Å². The van der Waals surface area contributed by atoms with E-state index in [9.17, 15) is 9.59 Å². The second-order valence-electron chi connectivity index (χ2n) is 7.44. The van der Waals surface area contributed by atoms with Crippen LogP contribution in [-0.4, -0.2) is 48.5 Å². The number of hydrogen-bond donors (Lipinski definition) is 1. The summed E-state index contributed by atoms with van der Waals surface area (Å²) in [7, 11) is 1.52. The average Bonchev–Trinajstić information content (AvgIpc) is 2.83. The summed E-state index contributed by atoms with van der Waals surface area (Å²) in [5.74, 6) is 1.32. The standard InChI is InChI=1S/C23H25ClN4O4/c1-31-20-13-16(14-25)4-6-19(20)32-12-2-3-22(29)28-10-8-17(9-11-28)23(30)27-21-7-5-18(24)15-26-21/h4-7,13,15,17H,2-3,8-12H2,1H3,(H,26,27,30). The minimum Gasteiger partial charge on any atom is -0.493 e. The molecular weight excluding hydrogens is 432 g/mol. The van der Waals surface area contributed by atoms with Gasteiger partial charge in [-0.3, -0.25) is 9.59 Å². The fourth-order valence-electron chi connectivity index (χ4n) is 3.49. The number of nitriles is 1. The van der Waals surface area contributed by atoms with E-state index in [2.05, 4.69) is 16.4 Å². The zero-order chi connectivity index (χ0) is 22.9. The monoisotopic (exact) mass is 456 g/mol. The van der Waals surface area contributed by atoms with E-state index in [4.69, 9.17) is 26.3 Å². The van der Waals surface area contributed by atoms with Crippen molar-refractivity contribution in [2.45, 2.75) is 25.7 Å². The lowest BCUT2D eigenvalue weighted by molar-refractivity contribution is -0.134. The lowest BCUT2D eigenvalue weighted by Crippen LogP contribution is -2.41. The number of piperidine rings is 1. The summed E-state index contributed by atoms with van der Waals surface area (Å²) in [5, 5.41) is 12.3. The summed E-state index contributed by atoms with van der Waals surface area (Å²) in [4.78, 5) is 30.8. The van der Waals surface area contributed by atoms with Gasteiger partial charge in [-0.15, -0.1) is 0 Å². The largest absolute Gasteiger partial charge is 0.493 e. The molecule has 1 fully saturated rings. The number of rotatable bonds is 8. The van der Waals surface area contributed by atoms with E-state index in [1.165, 1.54) is 13.3 Å². The molecule has 2 aromatic rings. The maximum atomic E-state index is 12.5. The van der Waals surface area contributed by atoms with Crippen LogP contribution in [0.25, 0.3) is 0 Å². The van der Waals surface area contributed by atoms with Crippen molar-refractivity contribution in [3.05, 3.63) is 47.1 Å². The normalized spacial score (nSPS) is 13.8. The molecule has 1 saturated heterocycles. The number of carbonyl (C=O) groups excluding carboxylic acids is 2. The smallest absolute Gasteiger partial charge is 0.228 e. The molecule has 32 heavy (non-hydrogen) atoms. The summed E-state index contributed by atoms with van der Waals surface area (Å²) < 4.78 is 10.9. The van der Waals surface area contributed by atoms with Crippen molar-refractivity contribution in [1.82, 2.24) is 9.88 Å². The SMILES string of the molecule is COc1cc(C#N)ccc1OCCCC(=O)N1CCC(C(=O)Nc2ccc(Cl)cn2)CC1. The molecule has 1 aliphatic heterocycles. The second kappa shape index (κ2) is 11.3. The number of aromatic nitrogens is 1. The van der Waals surface area contributed by atoms with Gasteiger partial charge < -0.3 is 19.7 Å². The molecule has 0 aliphatic carbocycles. The first-order valence-electron chi connectivity index (χ1n) is 10.4. The summed E-state index contributed by atoms with van der Waals surface area (Å²) >= 11 is 5.81. The van der Waals surface area contributed by atoms with E-state index in [-0.39, 0.29) is 17.7 Å². The van der Waals surface area contributed by atoms with Crippen molar-refractivity contribution in [3.63, 3.8) is 0 Å². The molecule has 0 bridgehead atoms. The van der Waals surface area contributed by atoms with Crippen molar-refractivity contribution >= 4 is 29.2 Å². The molecule has 8 nitrogen and oxygen atoms in total. The van der Waals surface area contributed by atoms with Gasteiger partial charge in [0.05, 0.1) is 30.4 Å². The third-order valence-corrected chi connectivity index (χ3v) is 5.51. The van der Waals surface area contributed by atoms with Gasteiger partial charge >= 0.3 is 0 Å². The predicted octanol–water partition coefficient (Wildman–Crippen LogP) is 3.65. The molecule has 0 unspecified atom stereocenters. The number of amides is 2. The Balaban J connectivity index is 1.38. The number of benzene rings is 1. The molecule has 1 N–H and O–H groups in total. The molecule has 2 amide bonds. The molecular formula is C23H25ClN4O4. The molecule has 2 heterocycles. The Morgan fingerprint density at radius 3 is 2.69 bits per heavy atom. The molecule has 0 saturated carbocycles. The maximum absolute atomic E-state index is 12.5. The van der Waals surface area contributed by atoms with E-state index < -0.39 is 0 Å². The van der Waals surface area contributed by atoms with Crippen LogP contribution in [0.15, 0.2) is 36.5 Å². The van der Waals surface area contributed by atoms with Crippen molar-refractivity contribution in [2.75, 3.05) is 32.1 Å². The zero-order valence-corrected chi connectivity index (χ0v) is 18.6. The van der Waals surface area contributed by atoms with Gasteiger partial charge in [0.25, 0.3) is 0 Å². The van der Waals surface area contributed by atoms with E-state index in [0.29, 0.717) is 73.3 Å². The molecule has 1 aromatic heterocycles. The van der Waals surface area contributed by atoms with Crippen molar-refractivity contribution in [1.29, 1.82) is 5.26 Å². The highest BCUT2D eigenvalue weighted by molar-refractivity contribution is 6.30. The lowest BCUT2D eigenvalue weighted by Gasteiger charge is -2.31. The molecule has 1 aliphatic rings. The zero-order valence-electron chi connectivity index (χ0n) is 17.8. The van der Waals surface area contributed by atoms with Gasteiger partial charge in [0, 0.05) is 37.7 Å². The van der Waals surface area contributed by atoms with Gasteiger partial charge in [0.2, 0.25) is 11.8 Å². The third-order valence-electron chi connectivity index (χ3n) is 5.28. The highest BCUT2D eigenvalue weighted by atomic mass is 35.5. The van der Waals surface area contributed by atoms with Crippen molar-refractivity contribution in [3.8, 4) is 17.6 Å². The van der Waals surface area contributed by atoms with Gasteiger partial charge in [0.1, 0.15) is 5.82 Å². The Hall–Kier alpha value is -3.31. The number of pyridine rings is 1. The first-order valence-corrected chi connectivity index (χ1v) is 10.8. The van der Waals surface area contributed by atoms with Crippen LogP contribution in [0.4, 0.5) is 5.82 Å². The number of halogens is 1. The molecule has 168 valence electrons. The average molecular weight is 457 g/mol. The maximum Gasteiger partial charge on any atom is 0.228 e. The fraction of sp³-hybridized carbons (Fsp3) is 0.391. The molecule has 0 spiro atoms. The topological polar surface area (TPSA) is 105 Å². The Kier molecular flexibility index (Phi) is 8.28. The van der Waals surface area contributed by atoms with E-state index in [0.717, 1.165) is 0 Å². The highest BCUT2D eigenvalue weighted by Crippen LogP contribution is 2.28. The van der Waals surface area contributed by atoms with E-state index >= 15 is 0 Å². The molecule has 0 atom stereocenters. The molecule has 0 radical (unpaired) electrons. The highest BCUT2D eigenvalue weighted by Gasteiger charge is 2.27. The van der Waals surface area contributed by atoms with Crippen LogP contribution in [0, 0.1) is 17.2 Å². The van der Waals surface area contributed by atoms with Gasteiger partial charge in [-0.1, -0.05) is 11.6 Å². The number of ether oxygens (including phenoxy) is 2. The van der Waals surface area contributed by atoms with Crippen LogP contribution in [0.5, 0.6) is 11.5 Å². The summed E-state index contributed by atoms with van der Waals surface area (Å²) in [5.41, 5.74) is 0.492. The summed E-state index contributed by atoms with van der Waals surface area (Å²) in [6, 6.07) is 10.4. The first kappa shape index (κ1) is 23.4. The Morgan fingerprint density at radius 1 is 1.25 bits per heavy atom. The fourth-order valence-corrected chi connectivity index (χ4v) is 3.60. The van der Waals surface area contributed by atoms with Gasteiger partial charge in [-0.25, -0.2) is 4.98 Å².